The maximum Gasteiger partial charge on any atom is 0.222 e. The van der Waals surface area contributed by atoms with E-state index in [4.69, 9.17) is 10.5 Å². The van der Waals surface area contributed by atoms with Gasteiger partial charge in [-0.25, -0.2) is 0 Å². The summed E-state index contributed by atoms with van der Waals surface area (Å²) in [7, 11) is 0. The standard InChI is InChI=1S/C12H22N2O3/c13-11(2-1-3-11)8-10(16)14-12(9-15)4-6-17-7-5-12/h15H,1-9,13H2,(H,14,16). The zero-order chi connectivity index (χ0) is 12.4. The molecule has 0 atom stereocenters. The van der Waals surface area contributed by atoms with Gasteiger partial charge in [0.1, 0.15) is 0 Å². The molecule has 4 N–H and O–H groups in total. The van der Waals surface area contributed by atoms with E-state index in [1.165, 1.54) is 0 Å². The fourth-order valence-electron chi connectivity index (χ4n) is 2.55. The van der Waals surface area contributed by atoms with E-state index in [0.717, 1.165) is 19.3 Å². The fourth-order valence-corrected chi connectivity index (χ4v) is 2.55. The molecule has 0 unspecified atom stereocenters. The summed E-state index contributed by atoms with van der Waals surface area (Å²) < 4.78 is 5.25. The average Bonchev–Trinajstić information content (AvgIpc) is 2.28. The van der Waals surface area contributed by atoms with E-state index < -0.39 is 5.54 Å². The topological polar surface area (TPSA) is 84.6 Å². The number of nitrogens with two attached hydrogens (primary N) is 1. The van der Waals surface area contributed by atoms with Crippen molar-refractivity contribution in [3.05, 3.63) is 0 Å². The van der Waals surface area contributed by atoms with E-state index in [1.807, 2.05) is 0 Å². The number of hydrogen-bond donors (Lipinski definition) is 3. The maximum absolute atomic E-state index is 11.9. The Morgan fingerprint density at radius 3 is 2.41 bits per heavy atom. The smallest absolute Gasteiger partial charge is 0.222 e. The van der Waals surface area contributed by atoms with Crippen molar-refractivity contribution in [3.8, 4) is 0 Å². The second kappa shape index (κ2) is 4.92. The lowest BCUT2D eigenvalue weighted by Crippen LogP contribution is -2.57. The van der Waals surface area contributed by atoms with Crippen LogP contribution < -0.4 is 11.1 Å². The van der Waals surface area contributed by atoms with Gasteiger partial charge < -0.3 is 20.9 Å². The van der Waals surface area contributed by atoms with Gasteiger partial charge in [-0.2, -0.15) is 0 Å². The summed E-state index contributed by atoms with van der Waals surface area (Å²) in [6.07, 6.45) is 4.68. The molecule has 1 aliphatic carbocycles. The van der Waals surface area contributed by atoms with Gasteiger partial charge in [0.15, 0.2) is 0 Å². The van der Waals surface area contributed by atoms with Crippen molar-refractivity contribution in [3.63, 3.8) is 0 Å². The molecular formula is C12H22N2O3. The Bertz CT molecular complexity index is 283. The van der Waals surface area contributed by atoms with Crippen molar-refractivity contribution in [2.75, 3.05) is 19.8 Å². The molecule has 0 bridgehead atoms. The molecule has 1 saturated heterocycles. The van der Waals surface area contributed by atoms with Crippen LogP contribution >= 0.6 is 0 Å². The van der Waals surface area contributed by atoms with Crippen LogP contribution in [0.2, 0.25) is 0 Å². The number of aliphatic hydroxyl groups excluding tert-OH is 1. The highest BCUT2D eigenvalue weighted by Gasteiger charge is 2.38. The number of hydrogen-bond acceptors (Lipinski definition) is 4. The van der Waals surface area contributed by atoms with Crippen molar-refractivity contribution >= 4 is 5.91 Å². The first-order valence-electron chi connectivity index (χ1n) is 6.36. The number of aliphatic hydroxyl groups is 1. The Balaban J connectivity index is 1.87. The van der Waals surface area contributed by atoms with Crippen molar-refractivity contribution in [2.45, 2.75) is 49.6 Å². The number of nitrogens with one attached hydrogen (secondary N) is 1. The first-order valence-corrected chi connectivity index (χ1v) is 6.36. The lowest BCUT2D eigenvalue weighted by molar-refractivity contribution is -0.127. The summed E-state index contributed by atoms with van der Waals surface area (Å²) in [4.78, 5) is 11.9. The van der Waals surface area contributed by atoms with Gasteiger partial charge >= 0.3 is 0 Å². The van der Waals surface area contributed by atoms with Gasteiger partial charge in [-0.05, 0) is 32.1 Å². The van der Waals surface area contributed by atoms with Gasteiger partial charge in [0, 0.05) is 25.2 Å². The molecule has 2 aliphatic rings. The Kier molecular flexibility index (Phi) is 3.70. The number of amides is 1. The van der Waals surface area contributed by atoms with Crippen molar-refractivity contribution in [2.24, 2.45) is 5.73 Å². The van der Waals surface area contributed by atoms with E-state index in [1.54, 1.807) is 0 Å². The summed E-state index contributed by atoms with van der Waals surface area (Å²) >= 11 is 0. The maximum atomic E-state index is 11.9. The Morgan fingerprint density at radius 2 is 1.94 bits per heavy atom. The Labute approximate surface area is 102 Å². The Morgan fingerprint density at radius 1 is 1.29 bits per heavy atom. The molecule has 0 aromatic rings. The number of carbonyl (C=O) groups is 1. The summed E-state index contributed by atoms with van der Waals surface area (Å²) in [6.45, 7) is 1.16. The van der Waals surface area contributed by atoms with Crippen LogP contribution in [0.25, 0.3) is 0 Å². The molecule has 17 heavy (non-hydrogen) atoms. The van der Waals surface area contributed by atoms with Gasteiger partial charge in [0.2, 0.25) is 5.91 Å². The van der Waals surface area contributed by atoms with Crippen molar-refractivity contribution in [1.29, 1.82) is 0 Å². The summed E-state index contributed by atoms with van der Waals surface area (Å²) in [5.41, 5.74) is 5.26. The monoisotopic (exact) mass is 242 g/mol. The van der Waals surface area contributed by atoms with E-state index in [9.17, 15) is 9.90 Å². The third-order valence-corrected chi connectivity index (χ3v) is 4.02. The van der Waals surface area contributed by atoms with E-state index in [2.05, 4.69) is 5.32 Å². The predicted molar refractivity (Wildman–Crippen MR) is 63.4 cm³/mol. The molecule has 1 heterocycles. The van der Waals surface area contributed by atoms with Crippen molar-refractivity contribution < 1.29 is 14.6 Å². The molecule has 0 radical (unpaired) electrons. The molecular weight excluding hydrogens is 220 g/mol. The van der Waals surface area contributed by atoms with Crippen LogP contribution in [0.3, 0.4) is 0 Å². The molecule has 0 aromatic carbocycles. The summed E-state index contributed by atoms with van der Waals surface area (Å²) in [6, 6.07) is 0. The van der Waals surface area contributed by atoms with Gasteiger partial charge in [0.05, 0.1) is 12.1 Å². The molecule has 5 heteroatoms. The molecule has 5 nitrogen and oxygen atoms in total. The lowest BCUT2D eigenvalue weighted by Gasteiger charge is -2.40. The third-order valence-electron chi connectivity index (χ3n) is 4.02. The number of rotatable bonds is 4. The van der Waals surface area contributed by atoms with Crippen LogP contribution in [0.15, 0.2) is 0 Å². The highest BCUT2D eigenvalue weighted by atomic mass is 16.5. The van der Waals surface area contributed by atoms with Crippen LogP contribution in [0.5, 0.6) is 0 Å². The molecule has 0 aromatic heterocycles. The van der Waals surface area contributed by atoms with Gasteiger partial charge in [-0.15, -0.1) is 0 Å². The Hall–Kier alpha value is -0.650. The molecule has 2 rings (SSSR count). The van der Waals surface area contributed by atoms with Crippen molar-refractivity contribution in [1.82, 2.24) is 5.32 Å². The van der Waals surface area contributed by atoms with E-state index in [0.29, 0.717) is 32.5 Å². The predicted octanol–water partition coefficient (Wildman–Crippen LogP) is -0.0844. The molecule has 0 spiro atoms. The van der Waals surface area contributed by atoms with Gasteiger partial charge in [0.25, 0.3) is 0 Å². The summed E-state index contributed by atoms with van der Waals surface area (Å²) in [5, 5.41) is 12.4. The van der Waals surface area contributed by atoms with Crippen LogP contribution in [0.1, 0.15) is 38.5 Å². The lowest BCUT2D eigenvalue weighted by atomic mass is 9.75. The minimum absolute atomic E-state index is 0.0281. The second-order valence-electron chi connectivity index (χ2n) is 5.49. The number of ether oxygens (including phenoxy) is 1. The average molecular weight is 242 g/mol. The van der Waals surface area contributed by atoms with E-state index >= 15 is 0 Å². The molecule has 98 valence electrons. The number of carbonyl (C=O) groups excluding carboxylic acids is 1. The van der Waals surface area contributed by atoms with Crippen LogP contribution in [-0.2, 0) is 9.53 Å². The van der Waals surface area contributed by atoms with Crippen LogP contribution in [0.4, 0.5) is 0 Å². The minimum Gasteiger partial charge on any atom is -0.394 e. The molecule has 1 aliphatic heterocycles. The minimum atomic E-state index is -0.491. The fraction of sp³-hybridized carbons (Fsp3) is 0.917. The first kappa shape index (κ1) is 12.8. The first-order chi connectivity index (χ1) is 8.08. The third kappa shape index (κ3) is 2.97. The molecule has 1 saturated carbocycles. The second-order valence-corrected chi connectivity index (χ2v) is 5.49. The SMILES string of the molecule is NC1(CC(=O)NC2(CO)CCOCC2)CCC1. The molecule has 1 amide bonds. The quantitative estimate of drug-likeness (QED) is 0.643. The largest absolute Gasteiger partial charge is 0.394 e. The zero-order valence-electron chi connectivity index (χ0n) is 10.2. The van der Waals surface area contributed by atoms with Crippen LogP contribution in [-0.4, -0.2) is 41.9 Å². The normalized spacial score (nSPS) is 26.0. The van der Waals surface area contributed by atoms with E-state index in [-0.39, 0.29) is 18.1 Å². The highest BCUT2D eigenvalue weighted by Crippen LogP contribution is 2.32. The van der Waals surface area contributed by atoms with Crippen LogP contribution in [0, 0.1) is 0 Å². The zero-order valence-corrected chi connectivity index (χ0v) is 10.2. The van der Waals surface area contributed by atoms with Gasteiger partial charge in [-0.3, -0.25) is 4.79 Å². The van der Waals surface area contributed by atoms with Gasteiger partial charge in [-0.1, -0.05) is 0 Å². The summed E-state index contributed by atoms with van der Waals surface area (Å²) in [5.74, 6) is -0.0387. The molecule has 2 fully saturated rings. The highest BCUT2D eigenvalue weighted by molar-refractivity contribution is 5.78.